The third kappa shape index (κ3) is 4.60. The summed E-state index contributed by atoms with van der Waals surface area (Å²) in [5.41, 5.74) is 8.76. The summed E-state index contributed by atoms with van der Waals surface area (Å²) in [6.07, 6.45) is 2.82. The van der Waals surface area contributed by atoms with E-state index in [1.807, 2.05) is 18.2 Å². The second kappa shape index (κ2) is 10.3. The molecule has 0 saturated carbocycles. The monoisotopic (exact) mass is 504 g/mol. The maximum atomic E-state index is 15.5. The summed E-state index contributed by atoms with van der Waals surface area (Å²) in [5.74, 6) is -2.02. The molecule has 0 bridgehead atoms. The van der Waals surface area contributed by atoms with E-state index in [0.717, 1.165) is 18.8 Å². The van der Waals surface area contributed by atoms with Crippen LogP contribution >= 0.6 is 0 Å². The van der Waals surface area contributed by atoms with E-state index in [1.165, 1.54) is 38.9 Å². The van der Waals surface area contributed by atoms with Gasteiger partial charge in [-0.25, -0.2) is 14.4 Å². The zero-order valence-corrected chi connectivity index (χ0v) is 20.3. The molecule has 2 aromatic carbocycles. The van der Waals surface area contributed by atoms with Crippen molar-refractivity contribution in [3.8, 4) is 22.9 Å². The quantitative estimate of drug-likeness (QED) is 0.404. The summed E-state index contributed by atoms with van der Waals surface area (Å²) in [6, 6.07) is 10.1. The number of primary amides is 1. The van der Waals surface area contributed by atoms with Gasteiger partial charge in [0, 0.05) is 46.9 Å². The van der Waals surface area contributed by atoms with Gasteiger partial charge in [0.25, 0.3) is 0 Å². The maximum Gasteiger partial charge on any atom is 0.237 e. The van der Waals surface area contributed by atoms with Crippen molar-refractivity contribution in [2.75, 3.05) is 45.4 Å². The minimum Gasteiger partial charge on any atom is -0.496 e. The summed E-state index contributed by atoms with van der Waals surface area (Å²) >= 11 is 0. The number of hydrogen-bond acceptors (Lipinski definition) is 9. The van der Waals surface area contributed by atoms with Crippen LogP contribution in [0.25, 0.3) is 22.2 Å². The SMILES string of the molecule is COc1cc(F)c(-c2ncnc3cc(N4CCOCC4)ccc23)cc1C(C(N)=O)c1ccnnc1OC. The van der Waals surface area contributed by atoms with Crippen LogP contribution in [0.1, 0.15) is 17.0 Å². The van der Waals surface area contributed by atoms with Crippen molar-refractivity contribution in [3.05, 3.63) is 65.9 Å². The third-order valence-electron chi connectivity index (χ3n) is 6.39. The Hall–Kier alpha value is -4.38. The van der Waals surface area contributed by atoms with Crippen LogP contribution in [-0.4, -0.2) is 66.6 Å². The molecule has 4 aromatic rings. The van der Waals surface area contributed by atoms with Crippen molar-refractivity contribution in [2.24, 2.45) is 5.73 Å². The van der Waals surface area contributed by atoms with E-state index in [-0.39, 0.29) is 17.2 Å². The van der Waals surface area contributed by atoms with Gasteiger partial charge >= 0.3 is 0 Å². The lowest BCUT2D eigenvalue weighted by Gasteiger charge is -2.29. The molecular weight excluding hydrogens is 479 g/mol. The van der Waals surface area contributed by atoms with Crippen LogP contribution in [0.3, 0.4) is 0 Å². The number of fused-ring (bicyclic) bond motifs is 1. The van der Waals surface area contributed by atoms with Crippen molar-refractivity contribution in [2.45, 2.75) is 5.92 Å². The molecule has 0 radical (unpaired) electrons. The molecule has 11 heteroatoms. The lowest BCUT2D eigenvalue weighted by Crippen LogP contribution is -2.36. The normalized spacial score (nSPS) is 14.4. The number of halogens is 1. The number of benzene rings is 2. The molecule has 5 rings (SSSR count). The Morgan fingerprint density at radius 3 is 2.62 bits per heavy atom. The van der Waals surface area contributed by atoms with Crippen molar-refractivity contribution >= 4 is 22.5 Å². The van der Waals surface area contributed by atoms with E-state index in [2.05, 4.69) is 25.1 Å². The minimum atomic E-state index is -1.04. The van der Waals surface area contributed by atoms with Crippen molar-refractivity contribution in [1.82, 2.24) is 20.2 Å². The van der Waals surface area contributed by atoms with Crippen LogP contribution in [0, 0.1) is 5.82 Å². The van der Waals surface area contributed by atoms with Crippen LogP contribution < -0.4 is 20.1 Å². The number of aromatic nitrogens is 4. The topological polar surface area (TPSA) is 126 Å². The Morgan fingerprint density at radius 1 is 1.08 bits per heavy atom. The predicted octanol–water partition coefficient (Wildman–Crippen LogP) is 2.70. The average molecular weight is 505 g/mol. The molecule has 10 nitrogen and oxygen atoms in total. The molecule has 0 spiro atoms. The summed E-state index contributed by atoms with van der Waals surface area (Å²) in [5, 5.41) is 8.40. The number of rotatable bonds is 7. The minimum absolute atomic E-state index is 0.127. The number of carbonyl (C=O) groups is 1. The van der Waals surface area contributed by atoms with Gasteiger partial charge in [-0.2, -0.15) is 5.10 Å². The van der Waals surface area contributed by atoms with Crippen molar-refractivity contribution < 1.29 is 23.4 Å². The highest BCUT2D eigenvalue weighted by Gasteiger charge is 2.30. The van der Waals surface area contributed by atoms with Gasteiger partial charge in [-0.15, -0.1) is 5.10 Å². The van der Waals surface area contributed by atoms with E-state index >= 15 is 4.39 Å². The second-order valence-corrected chi connectivity index (χ2v) is 8.43. The van der Waals surface area contributed by atoms with E-state index in [9.17, 15) is 4.79 Å². The fourth-order valence-corrected chi connectivity index (χ4v) is 4.61. The van der Waals surface area contributed by atoms with Gasteiger partial charge < -0.3 is 24.8 Å². The molecule has 1 aliphatic heterocycles. The Labute approximate surface area is 212 Å². The molecule has 1 fully saturated rings. The Kier molecular flexibility index (Phi) is 6.78. The number of nitrogens with zero attached hydrogens (tertiary/aromatic N) is 5. The first-order valence-electron chi connectivity index (χ1n) is 11.6. The lowest BCUT2D eigenvalue weighted by atomic mass is 9.88. The number of morpholine rings is 1. The number of ether oxygens (including phenoxy) is 3. The van der Waals surface area contributed by atoms with E-state index in [0.29, 0.717) is 40.9 Å². The molecule has 0 aliphatic carbocycles. The average Bonchev–Trinajstić information content (AvgIpc) is 2.93. The number of amides is 1. The van der Waals surface area contributed by atoms with Gasteiger partial charge in [-0.3, -0.25) is 4.79 Å². The molecular formula is C26H25FN6O4. The van der Waals surface area contributed by atoms with E-state index < -0.39 is 17.6 Å². The standard InChI is InChI=1S/C26H25FN6O4/c1-35-22-13-20(27)18(12-19(22)23(25(28)34)17-5-6-31-32-26(17)36-2)24-16-4-3-15(11-21(16)29-14-30-24)33-7-9-37-10-8-33/h3-6,11-14,23H,7-10H2,1-2H3,(H2,28,34). The second-order valence-electron chi connectivity index (χ2n) is 8.43. The molecule has 190 valence electrons. The van der Waals surface area contributed by atoms with Gasteiger partial charge in [-0.05, 0) is 30.3 Å². The summed E-state index contributed by atoms with van der Waals surface area (Å²) in [7, 11) is 2.81. The Morgan fingerprint density at radius 2 is 1.89 bits per heavy atom. The van der Waals surface area contributed by atoms with E-state index in [1.54, 1.807) is 6.07 Å². The van der Waals surface area contributed by atoms with Crippen LogP contribution in [-0.2, 0) is 9.53 Å². The van der Waals surface area contributed by atoms with Crippen molar-refractivity contribution in [1.29, 1.82) is 0 Å². The number of anilines is 1. The molecule has 1 amide bonds. The Bertz CT molecular complexity index is 1460. The van der Waals surface area contributed by atoms with Gasteiger partial charge in [0.15, 0.2) is 0 Å². The molecule has 2 aromatic heterocycles. The largest absolute Gasteiger partial charge is 0.496 e. The number of methoxy groups -OCH3 is 2. The highest BCUT2D eigenvalue weighted by molar-refractivity contribution is 5.95. The van der Waals surface area contributed by atoms with Crippen molar-refractivity contribution in [3.63, 3.8) is 0 Å². The molecule has 1 aliphatic rings. The van der Waals surface area contributed by atoms with Crippen LogP contribution in [0.5, 0.6) is 11.6 Å². The van der Waals surface area contributed by atoms with Crippen LogP contribution in [0.15, 0.2) is 48.9 Å². The smallest absolute Gasteiger partial charge is 0.237 e. The van der Waals surface area contributed by atoms with Gasteiger partial charge in [0.2, 0.25) is 11.8 Å². The maximum absolute atomic E-state index is 15.5. The molecule has 1 unspecified atom stereocenters. The molecule has 1 atom stereocenters. The molecule has 37 heavy (non-hydrogen) atoms. The summed E-state index contributed by atoms with van der Waals surface area (Å²) < 4.78 is 31.7. The first-order chi connectivity index (χ1) is 18.0. The van der Waals surface area contributed by atoms with Gasteiger partial charge in [0.05, 0.1) is 50.8 Å². The van der Waals surface area contributed by atoms with Gasteiger partial charge in [-0.1, -0.05) is 0 Å². The molecule has 3 heterocycles. The molecule has 1 saturated heterocycles. The highest BCUT2D eigenvalue weighted by atomic mass is 19.1. The number of hydrogen-bond donors (Lipinski definition) is 1. The van der Waals surface area contributed by atoms with E-state index in [4.69, 9.17) is 19.9 Å². The predicted molar refractivity (Wildman–Crippen MR) is 134 cm³/mol. The lowest BCUT2D eigenvalue weighted by molar-refractivity contribution is -0.118. The molecule has 2 N–H and O–H groups in total. The first kappa shape index (κ1) is 24.3. The zero-order valence-electron chi connectivity index (χ0n) is 20.3. The fraction of sp³-hybridized carbons (Fsp3) is 0.269. The van der Waals surface area contributed by atoms with Crippen LogP contribution in [0.2, 0.25) is 0 Å². The summed E-state index contributed by atoms with van der Waals surface area (Å²) in [4.78, 5) is 23.7. The van der Waals surface area contributed by atoms with Gasteiger partial charge in [0.1, 0.15) is 17.9 Å². The summed E-state index contributed by atoms with van der Waals surface area (Å²) in [6.45, 7) is 2.88. The number of carbonyl (C=O) groups excluding carboxylic acids is 1. The third-order valence-corrected chi connectivity index (χ3v) is 6.39. The Balaban J connectivity index is 1.66. The van der Waals surface area contributed by atoms with Crippen LogP contribution in [0.4, 0.5) is 10.1 Å². The number of nitrogens with two attached hydrogens (primary N) is 1. The first-order valence-corrected chi connectivity index (χ1v) is 11.6. The fourth-order valence-electron chi connectivity index (χ4n) is 4.61. The zero-order chi connectivity index (χ0) is 25.9. The highest BCUT2D eigenvalue weighted by Crippen LogP contribution is 2.40.